The number of methoxy groups -OCH3 is 1. The second-order valence-corrected chi connectivity index (χ2v) is 7.17. The van der Waals surface area contributed by atoms with Crippen LogP contribution in [0.3, 0.4) is 0 Å². The first-order chi connectivity index (χ1) is 13.0. The van der Waals surface area contributed by atoms with Gasteiger partial charge in [0.2, 0.25) is 0 Å². The second-order valence-electron chi connectivity index (χ2n) is 7.17. The third-order valence-corrected chi connectivity index (χ3v) is 5.46. The normalized spacial score (nSPS) is 16.5. The number of hydrogen-bond donors (Lipinski definition) is 0. The Kier molecular flexibility index (Phi) is 5.78. The maximum atomic E-state index is 12.7. The summed E-state index contributed by atoms with van der Waals surface area (Å²) in [6, 6.07) is 6.38. The lowest BCUT2D eigenvalue weighted by Gasteiger charge is -2.39. The summed E-state index contributed by atoms with van der Waals surface area (Å²) in [7, 11) is 3.42. The zero-order chi connectivity index (χ0) is 19.6. The number of ether oxygens (including phenoxy) is 1. The zero-order valence-electron chi connectivity index (χ0n) is 16.5. The van der Waals surface area contributed by atoms with Gasteiger partial charge in [-0.05, 0) is 32.4 Å². The number of fused-ring (bicyclic) bond motifs is 1. The van der Waals surface area contributed by atoms with Crippen molar-refractivity contribution in [1.29, 1.82) is 5.26 Å². The zero-order valence-corrected chi connectivity index (χ0v) is 16.5. The molecule has 0 amide bonds. The molecule has 27 heavy (non-hydrogen) atoms. The highest BCUT2D eigenvalue weighted by atomic mass is 16.5. The van der Waals surface area contributed by atoms with E-state index in [0.717, 1.165) is 55.9 Å². The van der Waals surface area contributed by atoms with Crippen LogP contribution in [0.5, 0.6) is 0 Å². The first kappa shape index (κ1) is 19.3. The first-order valence-electron chi connectivity index (χ1n) is 9.36. The van der Waals surface area contributed by atoms with Crippen molar-refractivity contribution in [2.45, 2.75) is 26.3 Å². The molecule has 1 aliphatic rings. The van der Waals surface area contributed by atoms with Crippen LogP contribution in [0.4, 0.5) is 5.69 Å². The van der Waals surface area contributed by atoms with Crippen LogP contribution in [0.25, 0.3) is 11.0 Å². The number of nitriles is 1. The van der Waals surface area contributed by atoms with Crippen LogP contribution in [-0.2, 0) is 11.8 Å². The molecule has 3 heterocycles. The molecule has 0 bridgehead atoms. The van der Waals surface area contributed by atoms with E-state index in [2.05, 4.69) is 27.8 Å². The highest BCUT2D eigenvalue weighted by Gasteiger charge is 2.26. The van der Waals surface area contributed by atoms with Gasteiger partial charge in [-0.15, -0.1) is 0 Å². The van der Waals surface area contributed by atoms with Crippen LogP contribution >= 0.6 is 0 Å². The number of pyridine rings is 2. The molecule has 7 heteroatoms. The van der Waals surface area contributed by atoms with E-state index < -0.39 is 0 Å². The van der Waals surface area contributed by atoms with E-state index >= 15 is 0 Å². The van der Waals surface area contributed by atoms with E-state index in [4.69, 9.17) is 4.74 Å². The maximum Gasteiger partial charge on any atom is 0.270 e. The van der Waals surface area contributed by atoms with Gasteiger partial charge in [0.15, 0.2) is 0 Å². The maximum absolute atomic E-state index is 12.7. The van der Waals surface area contributed by atoms with Gasteiger partial charge in [0.05, 0.1) is 11.2 Å². The highest BCUT2D eigenvalue weighted by molar-refractivity contribution is 5.91. The third kappa shape index (κ3) is 3.68. The van der Waals surface area contributed by atoms with Crippen molar-refractivity contribution in [2.24, 2.45) is 7.05 Å². The summed E-state index contributed by atoms with van der Waals surface area (Å²) < 4.78 is 6.71. The molecular weight excluding hydrogens is 342 g/mol. The van der Waals surface area contributed by atoms with E-state index in [-0.39, 0.29) is 11.1 Å². The molecule has 1 unspecified atom stereocenters. The van der Waals surface area contributed by atoms with Crippen LogP contribution in [0.2, 0.25) is 0 Å². The molecule has 1 fully saturated rings. The van der Waals surface area contributed by atoms with Gasteiger partial charge in [-0.3, -0.25) is 9.69 Å². The lowest BCUT2D eigenvalue weighted by atomic mass is 10.1. The number of nitrogens with zero attached hydrogens (tertiary/aromatic N) is 5. The fourth-order valence-electron chi connectivity index (χ4n) is 3.76. The minimum absolute atomic E-state index is 0.184. The number of anilines is 1. The summed E-state index contributed by atoms with van der Waals surface area (Å²) in [5, 5.41) is 9.68. The Morgan fingerprint density at radius 2 is 2.00 bits per heavy atom. The highest BCUT2D eigenvalue weighted by Crippen LogP contribution is 2.28. The molecule has 0 N–H and O–H groups in total. The number of aryl methyl sites for hydroxylation is 2. The summed E-state index contributed by atoms with van der Waals surface area (Å²) in [5.74, 6) is 0. The van der Waals surface area contributed by atoms with Crippen molar-refractivity contribution < 1.29 is 4.74 Å². The van der Waals surface area contributed by atoms with Gasteiger partial charge in [-0.1, -0.05) is 0 Å². The summed E-state index contributed by atoms with van der Waals surface area (Å²) in [5.41, 5.74) is 2.97. The van der Waals surface area contributed by atoms with Crippen LogP contribution in [0.1, 0.15) is 24.6 Å². The standard InChI is InChI=1S/C20H27N5O2/c1-14-5-6-17-18(22-14)19(16(13-21)20(26)23(17)3)25-10-8-24(9-11-25)15(2)7-12-27-4/h5-6,15H,7-12H2,1-4H3. The fraction of sp³-hybridized carbons (Fsp3) is 0.550. The van der Waals surface area contributed by atoms with Gasteiger partial charge in [0.1, 0.15) is 17.1 Å². The van der Waals surface area contributed by atoms with Crippen molar-refractivity contribution in [2.75, 3.05) is 44.8 Å². The molecule has 0 aliphatic carbocycles. The molecule has 1 atom stereocenters. The molecule has 0 saturated carbocycles. The predicted molar refractivity (Wildman–Crippen MR) is 106 cm³/mol. The SMILES string of the molecule is COCCC(C)N1CCN(c2c(C#N)c(=O)n(C)c3ccc(C)nc23)CC1. The molecule has 1 aliphatic heterocycles. The Bertz CT molecular complexity index is 923. The Hall–Kier alpha value is -2.43. The summed E-state index contributed by atoms with van der Waals surface area (Å²) in [6.07, 6.45) is 0.996. The average Bonchev–Trinajstić information content (AvgIpc) is 2.68. The van der Waals surface area contributed by atoms with Crippen molar-refractivity contribution in [3.05, 3.63) is 33.7 Å². The molecule has 2 aromatic rings. The van der Waals surface area contributed by atoms with E-state index in [1.807, 2.05) is 19.1 Å². The fourth-order valence-corrected chi connectivity index (χ4v) is 3.76. The smallest absolute Gasteiger partial charge is 0.270 e. The number of hydrogen-bond acceptors (Lipinski definition) is 6. The van der Waals surface area contributed by atoms with Gasteiger partial charge in [0, 0.05) is 58.7 Å². The topological polar surface area (TPSA) is 74.4 Å². The van der Waals surface area contributed by atoms with Crippen molar-refractivity contribution in [1.82, 2.24) is 14.5 Å². The largest absolute Gasteiger partial charge is 0.385 e. The monoisotopic (exact) mass is 369 g/mol. The summed E-state index contributed by atoms with van der Waals surface area (Å²) in [4.78, 5) is 22.0. The van der Waals surface area contributed by atoms with Crippen molar-refractivity contribution in [3.63, 3.8) is 0 Å². The molecule has 0 aromatic carbocycles. The lowest BCUT2D eigenvalue weighted by molar-refractivity contribution is 0.133. The van der Waals surface area contributed by atoms with Crippen molar-refractivity contribution >= 4 is 16.7 Å². The predicted octanol–water partition coefficient (Wildman–Crippen LogP) is 1.66. The number of rotatable bonds is 5. The van der Waals surface area contributed by atoms with E-state index in [9.17, 15) is 10.1 Å². The van der Waals surface area contributed by atoms with E-state index in [0.29, 0.717) is 11.7 Å². The molecule has 7 nitrogen and oxygen atoms in total. The third-order valence-electron chi connectivity index (χ3n) is 5.46. The number of piperazine rings is 1. The Morgan fingerprint density at radius 1 is 1.30 bits per heavy atom. The van der Waals surface area contributed by atoms with Gasteiger partial charge in [-0.2, -0.15) is 5.26 Å². The van der Waals surface area contributed by atoms with Gasteiger partial charge < -0.3 is 14.2 Å². The van der Waals surface area contributed by atoms with Crippen LogP contribution in [0.15, 0.2) is 16.9 Å². The molecule has 0 radical (unpaired) electrons. The average molecular weight is 369 g/mol. The molecular formula is C20H27N5O2. The van der Waals surface area contributed by atoms with Gasteiger partial charge in [0.25, 0.3) is 5.56 Å². The van der Waals surface area contributed by atoms with Crippen LogP contribution in [-0.4, -0.2) is 60.4 Å². The molecule has 1 saturated heterocycles. The van der Waals surface area contributed by atoms with Gasteiger partial charge in [-0.25, -0.2) is 4.98 Å². The number of aromatic nitrogens is 2. The molecule has 2 aromatic heterocycles. The van der Waals surface area contributed by atoms with Crippen molar-refractivity contribution in [3.8, 4) is 6.07 Å². The molecule has 144 valence electrons. The van der Waals surface area contributed by atoms with Crippen LogP contribution < -0.4 is 10.5 Å². The Morgan fingerprint density at radius 3 is 2.63 bits per heavy atom. The van der Waals surface area contributed by atoms with Crippen LogP contribution in [0, 0.1) is 18.3 Å². The first-order valence-corrected chi connectivity index (χ1v) is 9.36. The quantitative estimate of drug-likeness (QED) is 0.798. The Labute approximate surface area is 159 Å². The molecule has 3 rings (SSSR count). The van der Waals surface area contributed by atoms with Gasteiger partial charge >= 0.3 is 0 Å². The minimum Gasteiger partial charge on any atom is -0.385 e. The summed E-state index contributed by atoms with van der Waals surface area (Å²) in [6.45, 7) is 8.20. The Balaban J connectivity index is 1.96. The lowest BCUT2D eigenvalue weighted by Crippen LogP contribution is -2.50. The van der Waals surface area contributed by atoms with E-state index in [1.165, 1.54) is 4.57 Å². The van der Waals surface area contributed by atoms with E-state index in [1.54, 1.807) is 14.2 Å². The summed E-state index contributed by atoms with van der Waals surface area (Å²) >= 11 is 0. The second kappa shape index (κ2) is 8.07. The minimum atomic E-state index is -0.262. The molecule has 0 spiro atoms.